The number of aldehydes is 1. The van der Waals surface area contributed by atoms with Crippen LogP contribution in [-0.2, 0) is 6.61 Å². The van der Waals surface area contributed by atoms with Gasteiger partial charge in [-0.25, -0.2) is 0 Å². The Balaban J connectivity index is 1.74. The zero-order valence-electron chi connectivity index (χ0n) is 12.0. The first-order valence-corrected chi connectivity index (χ1v) is 7.03. The maximum atomic E-state index is 10.8. The fourth-order valence-corrected chi connectivity index (χ4v) is 2.18. The first-order chi connectivity index (χ1) is 10.8. The first kappa shape index (κ1) is 14.0. The lowest BCUT2D eigenvalue weighted by Crippen LogP contribution is -1.97. The van der Waals surface area contributed by atoms with Gasteiger partial charge in [0.2, 0.25) is 0 Å². The number of carbonyl (C=O) groups is 1. The minimum atomic E-state index is 0.435. The van der Waals surface area contributed by atoms with Crippen LogP contribution in [0, 0.1) is 0 Å². The van der Waals surface area contributed by atoms with Gasteiger partial charge in [-0.1, -0.05) is 42.5 Å². The maximum absolute atomic E-state index is 10.8. The molecule has 0 saturated heterocycles. The molecule has 0 unspecified atom stereocenters. The summed E-state index contributed by atoms with van der Waals surface area (Å²) >= 11 is 0. The van der Waals surface area contributed by atoms with Gasteiger partial charge in [-0.2, -0.15) is 0 Å². The molecule has 0 amide bonds. The van der Waals surface area contributed by atoms with Gasteiger partial charge in [0.15, 0.2) is 0 Å². The van der Waals surface area contributed by atoms with Crippen LogP contribution in [0.5, 0.6) is 5.75 Å². The molecule has 108 valence electrons. The molecule has 3 nitrogen and oxygen atoms in total. The fourth-order valence-electron chi connectivity index (χ4n) is 2.18. The fraction of sp³-hybridized carbons (Fsp3) is 0.0526. The molecule has 0 spiro atoms. The quantitative estimate of drug-likeness (QED) is 0.663. The normalized spacial score (nSPS) is 10.2. The average Bonchev–Trinajstić information content (AvgIpc) is 2.61. The highest BCUT2D eigenvalue weighted by Gasteiger charge is 2.02. The summed E-state index contributed by atoms with van der Waals surface area (Å²) in [4.78, 5) is 15.2. The summed E-state index contributed by atoms with van der Waals surface area (Å²) in [6.07, 6.45) is 2.59. The average molecular weight is 289 g/mol. The van der Waals surface area contributed by atoms with Crippen LogP contribution in [-0.4, -0.2) is 11.3 Å². The van der Waals surface area contributed by atoms with E-state index < -0.39 is 0 Å². The van der Waals surface area contributed by atoms with E-state index in [2.05, 4.69) is 4.98 Å². The second-order valence-corrected chi connectivity index (χ2v) is 4.89. The number of rotatable bonds is 5. The second kappa shape index (κ2) is 6.68. The second-order valence-electron chi connectivity index (χ2n) is 4.89. The van der Waals surface area contributed by atoms with Gasteiger partial charge in [0.25, 0.3) is 0 Å². The van der Waals surface area contributed by atoms with Crippen molar-refractivity contribution >= 4 is 6.29 Å². The number of ether oxygens (including phenoxy) is 1. The molecule has 0 aliphatic heterocycles. The SMILES string of the molecule is O=Cc1cccc(OCc2ccnc(-c3ccccc3)c2)c1. The molecule has 1 aromatic heterocycles. The molecule has 0 aliphatic carbocycles. The number of nitrogens with zero attached hydrogens (tertiary/aromatic N) is 1. The van der Waals surface area contributed by atoms with Crippen LogP contribution < -0.4 is 4.74 Å². The Morgan fingerprint density at radius 3 is 2.64 bits per heavy atom. The van der Waals surface area contributed by atoms with E-state index in [1.807, 2.05) is 48.5 Å². The molecule has 0 bridgehead atoms. The predicted molar refractivity (Wildman–Crippen MR) is 85.8 cm³/mol. The van der Waals surface area contributed by atoms with Gasteiger partial charge in [0.1, 0.15) is 18.6 Å². The molecule has 0 atom stereocenters. The Hall–Kier alpha value is -2.94. The number of pyridine rings is 1. The summed E-state index contributed by atoms with van der Waals surface area (Å²) < 4.78 is 5.74. The van der Waals surface area contributed by atoms with E-state index in [-0.39, 0.29) is 0 Å². The van der Waals surface area contributed by atoms with Crippen molar-refractivity contribution in [2.75, 3.05) is 0 Å². The van der Waals surface area contributed by atoms with Gasteiger partial charge in [-0.05, 0) is 29.8 Å². The van der Waals surface area contributed by atoms with E-state index in [1.165, 1.54) is 0 Å². The Morgan fingerprint density at radius 2 is 1.82 bits per heavy atom. The van der Waals surface area contributed by atoms with Crippen molar-refractivity contribution in [3.8, 4) is 17.0 Å². The highest BCUT2D eigenvalue weighted by molar-refractivity contribution is 5.75. The van der Waals surface area contributed by atoms with Crippen molar-refractivity contribution in [3.05, 3.63) is 84.1 Å². The number of benzene rings is 2. The lowest BCUT2D eigenvalue weighted by atomic mass is 10.1. The lowest BCUT2D eigenvalue weighted by Gasteiger charge is -2.08. The lowest BCUT2D eigenvalue weighted by molar-refractivity contribution is 0.112. The third-order valence-electron chi connectivity index (χ3n) is 3.29. The highest BCUT2D eigenvalue weighted by atomic mass is 16.5. The van der Waals surface area contributed by atoms with Crippen LogP contribution in [0.2, 0.25) is 0 Å². The molecular formula is C19H15NO2. The molecule has 3 heteroatoms. The number of hydrogen-bond donors (Lipinski definition) is 0. The van der Waals surface area contributed by atoms with Gasteiger partial charge in [-0.3, -0.25) is 9.78 Å². The van der Waals surface area contributed by atoms with E-state index in [9.17, 15) is 4.79 Å². The van der Waals surface area contributed by atoms with E-state index in [1.54, 1.807) is 24.4 Å². The summed E-state index contributed by atoms with van der Waals surface area (Å²) in [5.74, 6) is 0.683. The summed E-state index contributed by atoms with van der Waals surface area (Å²) in [5.41, 5.74) is 3.64. The van der Waals surface area contributed by atoms with Crippen molar-refractivity contribution in [2.24, 2.45) is 0 Å². The molecule has 3 rings (SSSR count). The molecule has 0 radical (unpaired) electrons. The Kier molecular flexibility index (Phi) is 4.25. The van der Waals surface area contributed by atoms with E-state index in [0.29, 0.717) is 17.9 Å². The number of aromatic nitrogens is 1. The van der Waals surface area contributed by atoms with Crippen LogP contribution in [0.1, 0.15) is 15.9 Å². The van der Waals surface area contributed by atoms with Crippen LogP contribution in [0.4, 0.5) is 0 Å². The largest absolute Gasteiger partial charge is 0.489 e. The summed E-state index contributed by atoms with van der Waals surface area (Å²) in [5, 5.41) is 0. The summed E-state index contributed by atoms with van der Waals surface area (Å²) in [6.45, 7) is 0.435. The minimum Gasteiger partial charge on any atom is -0.489 e. The number of carbonyl (C=O) groups excluding carboxylic acids is 1. The van der Waals surface area contributed by atoms with Gasteiger partial charge in [0.05, 0.1) is 5.69 Å². The molecule has 22 heavy (non-hydrogen) atoms. The minimum absolute atomic E-state index is 0.435. The monoisotopic (exact) mass is 289 g/mol. The van der Waals surface area contributed by atoms with Crippen molar-refractivity contribution in [2.45, 2.75) is 6.61 Å². The van der Waals surface area contributed by atoms with Gasteiger partial charge in [0, 0.05) is 17.3 Å². The predicted octanol–water partition coefficient (Wildman–Crippen LogP) is 4.14. The topological polar surface area (TPSA) is 39.2 Å². The number of hydrogen-bond acceptors (Lipinski definition) is 3. The third-order valence-corrected chi connectivity index (χ3v) is 3.29. The molecule has 0 fully saturated rings. The molecule has 0 N–H and O–H groups in total. The van der Waals surface area contributed by atoms with Crippen LogP contribution in [0.3, 0.4) is 0 Å². The van der Waals surface area contributed by atoms with Crippen LogP contribution in [0.25, 0.3) is 11.3 Å². The summed E-state index contributed by atoms with van der Waals surface area (Å²) in [6, 6.07) is 21.1. The third kappa shape index (κ3) is 3.38. The Labute approximate surface area is 129 Å². The van der Waals surface area contributed by atoms with Crippen molar-refractivity contribution in [3.63, 3.8) is 0 Å². The molecule has 0 saturated carbocycles. The molecule has 0 aliphatic rings. The smallest absolute Gasteiger partial charge is 0.150 e. The Bertz CT molecular complexity index is 769. The molecular weight excluding hydrogens is 274 g/mol. The van der Waals surface area contributed by atoms with E-state index in [4.69, 9.17) is 4.74 Å². The molecule has 2 aromatic carbocycles. The standard InChI is InChI=1S/C19H15NO2/c21-13-15-5-4-8-18(11-15)22-14-16-9-10-20-19(12-16)17-6-2-1-3-7-17/h1-13H,14H2. The van der Waals surface area contributed by atoms with Gasteiger partial charge < -0.3 is 4.74 Å². The maximum Gasteiger partial charge on any atom is 0.150 e. The van der Waals surface area contributed by atoms with Crippen molar-refractivity contribution in [1.82, 2.24) is 4.98 Å². The molecule has 1 heterocycles. The summed E-state index contributed by atoms with van der Waals surface area (Å²) in [7, 11) is 0. The van der Waals surface area contributed by atoms with Gasteiger partial charge >= 0.3 is 0 Å². The Morgan fingerprint density at radius 1 is 0.955 bits per heavy atom. The van der Waals surface area contributed by atoms with E-state index >= 15 is 0 Å². The van der Waals surface area contributed by atoms with E-state index in [0.717, 1.165) is 23.1 Å². The van der Waals surface area contributed by atoms with Crippen molar-refractivity contribution < 1.29 is 9.53 Å². The van der Waals surface area contributed by atoms with Gasteiger partial charge in [-0.15, -0.1) is 0 Å². The first-order valence-electron chi connectivity index (χ1n) is 7.03. The zero-order chi connectivity index (χ0) is 15.2. The van der Waals surface area contributed by atoms with Crippen LogP contribution in [0.15, 0.2) is 72.9 Å². The highest BCUT2D eigenvalue weighted by Crippen LogP contribution is 2.19. The molecule has 3 aromatic rings. The van der Waals surface area contributed by atoms with Crippen molar-refractivity contribution in [1.29, 1.82) is 0 Å². The zero-order valence-corrected chi connectivity index (χ0v) is 12.0. The van der Waals surface area contributed by atoms with Crippen LogP contribution >= 0.6 is 0 Å².